The lowest BCUT2D eigenvalue weighted by molar-refractivity contribution is -0.143. The fraction of sp³-hybridized carbons (Fsp3) is 0.633. The molecule has 2 aliphatic rings. The van der Waals surface area contributed by atoms with Gasteiger partial charge in [-0.05, 0) is 57.6 Å². The summed E-state index contributed by atoms with van der Waals surface area (Å²) < 4.78 is 13.1. The van der Waals surface area contributed by atoms with Crippen molar-refractivity contribution >= 4 is 11.9 Å². The molecule has 2 aliphatic heterocycles. The smallest absolute Gasteiger partial charge is 0.308 e. The van der Waals surface area contributed by atoms with E-state index in [1.165, 1.54) is 0 Å². The van der Waals surface area contributed by atoms with Gasteiger partial charge in [0.1, 0.15) is 5.82 Å². The molecule has 1 aromatic carbocycles. The van der Waals surface area contributed by atoms with E-state index >= 15 is 0 Å². The molecule has 0 saturated carbocycles. The van der Waals surface area contributed by atoms with E-state index in [0.29, 0.717) is 49.5 Å². The Morgan fingerprint density at radius 2 is 1.93 bits per heavy atom. The maximum Gasteiger partial charge on any atom is 0.308 e. The number of nitrogens with zero attached hydrogens (tertiary/aromatic N) is 5. The van der Waals surface area contributed by atoms with E-state index in [1.54, 1.807) is 6.20 Å². The number of carbonyl (C=O) groups excluding carboxylic acids is 1. The first-order chi connectivity index (χ1) is 19.7. The largest absolute Gasteiger partial charge is 0.481 e. The molecule has 1 amide bonds. The van der Waals surface area contributed by atoms with Crippen LogP contribution in [-0.4, -0.2) is 106 Å². The zero-order chi connectivity index (χ0) is 29.5. The number of carboxylic acid groups (broad SMARTS) is 1. The van der Waals surface area contributed by atoms with Crippen LogP contribution in [0.15, 0.2) is 24.5 Å². The summed E-state index contributed by atoms with van der Waals surface area (Å²) in [6.45, 7) is 4.78. The number of carboxylic acids is 1. The molecule has 3 atom stereocenters. The van der Waals surface area contributed by atoms with Gasteiger partial charge in [-0.25, -0.2) is 4.98 Å². The summed E-state index contributed by atoms with van der Waals surface area (Å²) in [4.78, 5) is 37.2. The van der Waals surface area contributed by atoms with Crippen molar-refractivity contribution in [3.8, 4) is 11.5 Å². The van der Waals surface area contributed by atoms with Gasteiger partial charge in [-0.1, -0.05) is 13.3 Å². The van der Waals surface area contributed by atoms with Crippen LogP contribution in [0.4, 0.5) is 0 Å². The normalized spacial score (nSPS) is 20.2. The lowest BCUT2D eigenvalue weighted by Gasteiger charge is -2.30. The SMILES string of the molecule is CCCCN(CCCN(C)C)C(=O)CN1C[C@H](c2cc(CO)c3c(c2)OCO3)[C@@H](C(=O)O)[C@@H]1CCc1nccn1C. The van der Waals surface area contributed by atoms with Gasteiger partial charge < -0.3 is 34.1 Å². The van der Waals surface area contributed by atoms with Gasteiger partial charge in [-0.15, -0.1) is 0 Å². The second-order valence-corrected chi connectivity index (χ2v) is 11.4. The molecule has 1 fully saturated rings. The first kappa shape index (κ1) is 30.8. The number of carbonyl (C=O) groups is 2. The number of imidazole rings is 1. The zero-order valence-corrected chi connectivity index (χ0v) is 24.8. The molecule has 0 unspecified atom stereocenters. The molecule has 2 aromatic rings. The number of aliphatic hydroxyl groups is 1. The minimum Gasteiger partial charge on any atom is -0.481 e. The molecular weight excluding hydrogens is 526 g/mol. The number of ether oxygens (including phenoxy) is 2. The molecule has 226 valence electrons. The summed E-state index contributed by atoms with van der Waals surface area (Å²) >= 11 is 0. The number of fused-ring (bicyclic) bond motifs is 1. The third kappa shape index (κ3) is 7.38. The monoisotopic (exact) mass is 571 g/mol. The Hall–Kier alpha value is -3.15. The number of rotatable bonds is 15. The van der Waals surface area contributed by atoms with Crippen LogP contribution in [0.1, 0.15) is 55.5 Å². The molecule has 41 heavy (non-hydrogen) atoms. The predicted molar refractivity (Wildman–Crippen MR) is 154 cm³/mol. The summed E-state index contributed by atoms with van der Waals surface area (Å²) in [5.74, 6) is -0.0948. The van der Waals surface area contributed by atoms with E-state index in [4.69, 9.17) is 9.47 Å². The number of aryl methyl sites for hydroxylation is 2. The number of hydrogen-bond acceptors (Lipinski definition) is 8. The number of aliphatic hydroxyl groups excluding tert-OH is 1. The number of unbranched alkanes of at least 4 members (excludes halogenated alkanes) is 1. The maximum absolute atomic E-state index is 13.7. The molecule has 0 radical (unpaired) electrons. The molecule has 1 saturated heterocycles. The van der Waals surface area contributed by atoms with E-state index in [1.807, 2.05) is 48.9 Å². The van der Waals surface area contributed by atoms with E-state index in [-0.39, 0.29) is 37.8 Å². The number of amides is 1. The Labute approximate surface area is 242 Å². The minimum absolute atomic E-state index is 0.0331. The summed E-state index contributed by atoms with van der Waals surface area (Å²) in [7, 11) is 5.98. The number of aromatic nitrogens is 2. The molecule has 11 nitrogen and oxygen atoms in total. The first-order valence-electron chi connectivity index (χ1n) is 14.6. The lowest BCUT2D eigenvalue weighted by Crippen LogP contribution is -2.45. The minimum atomic E-state index is -0.896. The van der Waals surface area contributed by atoms with Crippen molar-refractivity contribution in [2.24, 2.45) is 13.0 Å². The van der Waals surface area contributed by atoms with E-state index in [2.05, 4.69) is 21.7 Å². The lowest BCUT2D eigenvalue weighted by atomic mass is 9.83. The van der Waals surface area contributed by atoms with Gasteiger partial charge in [-0.2, -0.15) is 0 Å². The second-order valence-electron chi connectivity index (χ2n) is 11.4. The zero-order valence-electron chi connectivity index (χ0n) is 24.8. The summed E-state index contributed by atoms with van der Waals surface area (Å²) in [5.41, 5.74) is 1.35. The van der Waals surface area contributed by atoms with Crippen LogP contribution in [0.2, 0.25) is 0 Å². The number of likely N-dealkylation sites (tertiary alicyclic amines) is 1. The summed E-state index contributed by atoms with van der Waals surface area (Å²) in [6, 6.07) is 3.29. The highest BCUT2D eigenvalue weighted by Gasteiger charge is 2.47. The Bertz CT molecular complexity index is 1180. The van der Waals surface area contributed by atoms with Gasteiger partial charge in [0.2, 0.25) is 12.7 Å². The highest BCUT2D eigenvalue weighted by Crippen LogP contribution is 2.44. The van der Waals surface area contributed by atoms with Crippen LogP contribution >= 0.6 is 0 Å². The molecule has 0 spiro atoms. The molecule has 0 bridgehead atoms. The molecular formula is C30H45N5O6. The van der Waals surface area contributed by atoms with Crippen LogP contribution in [0, 0.1) is 5.92 Å². The summed E-state index contributed by atoms with van der Waals surface area (Å²) in [6.07, 6.45) is 7.58. The predicted octanol–water partition coefficient (Wildman–Crippen LogP) is 2.32. The Balaban J connectivity index is 1.62. The van der Waals surface area contributed by atoms with Crippen LogP contribution in [0.5, 0.6) is 11.5 Å². The second kappa shape index (κ2) is 14.2. The molecule has 0 aliphatic carbocycles. The Kier molecular flexibility index (Phi) is 10.6. The van der Waals surface area contributed by atoms with Crippen LogP contribution < -0.4 is 9.47 Å². The number of hydrogen-bond donors (Lipinski definition) is 2. The third-order valence-electron chi connectivity index (χ3n) is 8.29. The third-order valence-corrected chi connectivity index (χ3v) is 8.29. The highest BCUT2D eigenvalue weighted by atomic mass is 16.7. The number of aliphatic carboxylic acids is 1. The molecule has 2 N–H and O–H groups in total. The van der Waals surface area contributed by atoms with Crippen molar-refractivity contribution in [3.05, 3.63) is 41.5 Å². The van der Waals surface area contributed by atoms with Crippen molar-refractivity contribution in [2.45, 2.75) is 57.6 Å². The molecule has 3 heterocycles. The van der Waals surface area contributed by atoms with Crippen molar-refractivity contribution in [1.82, 2.24) is 24.3 Å². The fourth-order valence-corrected chi connectivity index (χ4v) is 6.10. The van der Waals surface area contributed by atoms with Crippen molar-refractivity contribution in [3.63, 3.8) is 0 Å². The van der Waals surface area contributed by atoms with Gasteiger partial charge in [-0.3, -0.25) is 14.5 Å². The average Bonchev–Trinajstić information content (AvgIpc) is 3.67. The van der Waals surface area contributed by atoms with E-state index < -0.39 is 11.9 Å². The van der Waals surface area contributed by atoms with Gasteiger partial charge in [0.15, 0.2) is 11.5 Å². The van der Waals surface area contributed by atoms with E-state index in [0.717, 1.165) is 37.2 Å². The molecule has 1 aromatic heterocycles. The van der Waals surface area contributed by atoms with Crippen molar-refractivity contribution in [1.29, 1.82) is 0 Å². The average molecular weight is 572 g/mol. The van der Waals surface area contributed by atoms with Gasteiger partial charge in [0, 0.05) is 63.0 Å². The van der Waals surface area contributed by atoms with Crippen LogP contribution in [0.25, 0.3) is 0 Å². The topological polar surface area (TPSA) is 121 Å². The first-order valence-corrected chi connectivity index (χ1v) is 14.6. The number of benzene rings is 1. The van der Waals surface area contributed by atoms with Gasteiger partial charge >= 0.3 is 5.97 Å². The van der Waals surface area contributed by atoms with Crippen molar-refractivity contribution < 1.29 is 29.3 Å². The quantitative estimate of drug-likeness (QED) is 0.332. The van der Waals surface area contributed by atoms with Gasteiger partial charge in [0.05, 0.1) is 19.1 Å². The standard InChI is InChI=1S/C30H45N5O6/c1-5-6-12-34(13-7-11-32(2)3)27(37)18-35-17-23(21-15-22(19-36)29-25(16-21)40-20-41-29)28(30(38)39)24(35)8-9-26-31-10-14-33(26)4/h10,14-16,23-24,28,36H,5-9,11-13,17-20H2,1-4H3,(H,38,39)/t23-,24+,28-/m1/s1. The fourth-order valence-electron chi connectivity index (χ4n) is 6.10. The summed E-state index contributed by atoms with van der Waals surface area (Å²) in [5, 5.41) is 20.5. The van der Waals surface area contributed by atoms with Crippen LogP contribution in [0.3, 0.4) is 0 Å². The Morgan fingerprint density at radius 3 is 2.59 bits per heavy atom. The molecule has 4 rings (SSSR count). The maximum atomic E-state index is 13.7. The highest BCUT2D eigenvalue weighted by molar-refractivity contribution is 5.79. The van der Waals surface area contributed by atoms with Crippen LogP contribution in [-0.2, 0) is 29.7 Å². The molecule has 11 heteroatoms. The van der Waals surface area contributed by atoms with E-state index in [9.17, 15) is 19.8 Å². The van der Waals surface area contributed by atoms with Crippen molar-refractivity contribution in [2.75, 3.05) is 53.6 Å². The Morgan fingerprint density at radius 1 is 1.15 bits per heavy atom. The van der Waals surface area contributed by atoms with Gasteiger partial charge in [0.25, 0.3) is 0 Å².